The Kier molecular flexibility index (Phi) is 8.74. The Hall–Kier alpha value is -0.0500. The van der Waals surface area contributed by atoms with E-state index in [1.807, 2.05) is 12.1 Å². The van der Waals surface area contributed by atoms with Gasteiger partial charge in [0.25, 0.3) is 0 Å². The van der Waals surface area contributed by atoms with Crippen LogP contribution in [0.2, 0.25) is 5.02 Å². The fourth-order valence-electron chi connectivity index (χ4n) is 1.93. The molecular weight excluding hydrogens is 310 g/mol. The van der Waals surface area contributed by atoms with E-state index in [0.29, 0.717) is 0 Å². The van der Waals surface area contributed by atoms with Gasteiger partial charge in [0, 0.05) is 16.0 Å². The fraction of sp³-hybridized carbons (Fsp3) is 0.600. The molecule has 0 unspecified atom stereocenters. The molecule has 0 saturated heterocycles. The zero-order valence-electron chi connectivity index (χ0n) is 11.1. The smallest absolute Gasteiger partial charge is 0.0451 e. The Morgan fingerprint density at radius 3 is 2.61 bits per heavy atom. The van der Waals surface area contributed by atoms with Crippen molar-refractivity contribution in [3.8, 4) is 0 Å². The van der Waals surface area contributed by atoms with E-state index in [2.05, 4.69) is 34.2 Å². The van der Waals surface area contributed by atoms with Gasteiger partial charge in [-0.3, -0.25) is 0 Å². The van der Waals surface area contributed by atoms with Crippen molar-refractivity contribution < 1.29 is 0 Å². The number of nitrogens with one attached hydrogen (secondary N) is 1. The van der Waals surface area contributed by atoms with Gasteiger partial charge in [-0.2, -0.15) is 0 Å². The van der Waals surface area contributed by atoms with Gasteiger partial charge in [-0.05, 0) is 36.7 Å². The summed E-state index contributed by atoms with van der Waals surface area (Å²) in [6.45, 7) is 4.19. The lowest BCUT2D eigenvalue weighted by molar-refractivity contribution is 0.572. The Morgan fingerprint density at radius 1 is 1.11 bits per heavy atom. The monoisotopic (exact) mass is 331 g/mol. The van der Waals surface area contributed by atoms with E-state index in [0.717, 1.165) is 28.1 Å². The van der Waals surface area contributed by atoms with Gasteiger partial charge in [-0.1, -0.05) is 66.6 Å². The van der Waals surface area contributed by atoms with Gasteiger partial charge >= 0.3 is 0 Å². The van der Waals surface area contributed by atoms with E-state index in [1.54, 1.807) is 0 Å². The van der Waals surface area contributed by atoms with Crippen LogP contribution in [0.15, 0.2) is 22.7 Å². The summed E-state index contributed by atoms with van der Waals surface area (Å²) in [5.74, 6) is 0. The van der Waals surface area contributed by atoms with E-state index in [1.165, 1.54) is 38.5 Å². The van der Waals surface area contributed by atoms with Gasteiger partial charge in [0.2, 0.25) is 0 Å². The number of hydrogen-bond donors (Lipinski definition) is 1. The second-order valence-corrected chi connectivity index (χ2v) is 6.00. The number of benzene rings is 1. The maximum absolute atomic E-state index is 6.13. The minimum atomic E-state index is 0.841. The van der Waals surface area contributed by atoms with Gasteiger partial charge < -0.3 is 5.32 Å². The highest BCUT2D eigenvalue weighted by atomic mass is 79.9. The van der Waals surface area contributed by atoms with Crippen LogP contribution in [0, 0.1) is 0 Å². The summed E-state index contributed by atoms with van der Waals surface area (Å²) in [6.07, 6.45) is 8.04. The summed E-state index contributed by atoms with van der Waals surface area (Å²) in [5, 5.41) is 4.30. The van der Waals surface area contributed by atoms with E-state index in [9.17, 15) is 0 Å². The van der Waals surface area contributed by atoms with Crippen LogP contribution >= 0.6 is 27.5 Å². The molecule has 0 atom stereocenters. The summed E-state index contributed by atoms with van der Waals surface area (Å²) in [7, 11) is 0. The molecule has 1 rings (SSSR count). The minimum absolute atomic E-state index is 0.841. The third kappa shape index (κ3) is 6.77. The summed E-state index contributed by atoms with van der Waals surface area (Å²) in [6, 6.07) is 5.99. The molecule has 0 saturated carbocycles. The van der Waals surface area contributed by atoms with Crippen molar-refractivity contribution in [3.63, 3.8) is 0 Å². The largest absolute Gasteiger partial charge is 0.313 e. The second kappa shape index (κ2) is 9.82. The highest BCUT2D eigenvalue weighted by molar-refractivity contribution is 9.10. The summed E-state index contributed by atoms with van der Waals surface area (Å²) in [5.41, 5.74) is 1.16. The van der Waals surface area contributed by atoms with Crippen LogP contribution in [0.1, 0.15) is 51.0 Å². The average molecular weight is 333 g/mol. The normalized spacial score (nSPS) is 10.8. The topological polar surface area (TPSA) is 12.0 Å². The molecule has 0 aliphatic carbocycles. The first-order chi connectivity index (χ1) is 8.74. The minimum Gasteiger partial charge on any atom is -0.313 e. The van der Waals surface area contributed by atoms with Crippen LogP contribution in [0.25, 0.3) is 0 Å². The van der Waals surface area contributed by atoms with E-state index < -0.39 is 0 Å². The second-order valence-electron chi connectivity index (χ2n) is 4.68. The Bertz CT molecular complexity index is 341. The quantitative estimate of drug-likeness (QED) is 0.584. The number of rotatable bonds is 9. The van der Waals surface area contributed by atoms with Crippen molar-refractivity contribution in [3.05, 3.63) is 33.3 Å². The molecular formula is C15H23BrClN. The molecule has 102 valence electrons. The van der Waals surface area contributed by atoms with Crippen LogP contribution in [-0.4, -0.2) is 6.54 Å². The van der Waals surface area contributed by atoms with Gasteiger partial charge in [0.15, 0.2) is 0 Å². The Labute approximate surface area is 124 Å². The molecule has 0 amide bonds. The molecule has 0 spiro atoms. The maximum Gasteiger partial charge on any atom is 0.0451 e. The molecule has 1 aromatic carbocycles. The molecule has 0 aliphatic heterocycles. The summed E-state index contributed by atoms with van der Waals surface area (Å²) >= 11 is 9.60. The Balaban J connectivity index is 2.09. The number of hydrogen-bond acceptors (Lipinski definition) is 1. The molecule has 0 aliphatic rings. The fourth-order valence-corrected chi connectivity index (χ4v) is 2.53. The first-order valence-corrected chi connectivity index (χ1v) is 8.05. The van der Waals surface area contributed by atoms with Crippen LogP contribution in [0.4, 0.5) is 0 Å². The van der Waals surface area contributed by atoms with Crippen molar-refractivity contribution in [2.24, 2.45) is 0 Å². The molecule has 0 fully saturated rings. The SMILES string of the molecule is CCCCCCCCNCc1cc(Br)ccc1Cl. The lowest BCUT2D eigenvalue weighted by Gasteiger charge is -2.07. The first-order valence-electron chi connectivity index (χ1n) is 6.88. The van der Waals surface area contributed by atoms with Crippen molar-refractivity contribution in [1.82, 2.24) is 5.32 Å². The van der Waals surface area contributed by atoms with Gasteiger partial charge in [-0.25, -0.2) is 0 Å². The molecule has 1 N–H and O–H groups in total. The number of halogens is 2. The highest BCUT2D eigenvalue weighted by Crippen LogP contribution is 2.20. The molecule has 0 bridgehead atoms. The Morgan fingerprint density at radius 2 is 1.83 bits per heavy atom. The third-order valence-corrected chi connectivity index (χ3v) is 3.89. The summed E-state index contributed by atoms with van der Waals surface area (Å²) in [4.78, 5) is 0. The molecule has 1 nitrogen and oxygen atoms in total. The van der Waals surface area contributed by atoms with Crippen LogP contribution in [0.3, 0.4) is 0 Å². The van der Waals surface area contributed by atoms with Gasteiger partial charge in [0.05, 0.1) is 0 Å². The third-order valence-electron chi connectivity index (χ3n) is 3.03. The van der Waals surface area contributed by atoms with Crippen molar-refractivity contribution in [2.45, 2.75) is 52.0 Å². The molecule has 0 heterocycles. The molecule has 1 aromatic rings. The van der Waals surface area contributed by atoms with Crippen molar-refractivity contribution in [2.75, 3.05) is 6.54 Å². The van der Waals surface area contributed by atoms with Gasteiger partial charge in [0.1, 0.15) is 0 Å². The number of unbranched alkanes of at least 4 members (excludes halogenated alkanes) is 5. The zero-order chi connectivity index (χ0) is 13.2. The lowest BCUT2D eigenvalue weighted by atomic mass is 10.1. The van der Waals surface area contributed by atoms with Crippen LogP contribution < -0.4 is 5.32 Å². The van der Waals surface area contributed by atoms with E-state index in [4.69, 9.17) is 11.6 Å². The van der Waals surface area contributed by atoms with Crippen molar-refractivity contribution in [1.29, 1.82) is 0 Å². The predicted octanol–water partition coefficient (Wildman–Crippen LogP) is 5.55. The highest BCUT2D eigenvalue weighted by Gasteiger charge is 2.00. The summed E-state index contributed by atoms with van der Waals surface area (Å²) < 4.78 is 1.09. The molecule has 0 aromatic heterocycles. The van der Waals surface area contributed by atoms with Crippen LogP contribution in [0.5, 0.6) is 0 Å². The van der Waals surface area contributed by atoms with Crippen molar-refractivity contribution >= 4 is 27.5 Å². The predicted molar refractivity (Wildman–Crippen MR) is 84.2 cm³/mol. The standard InChI is InChI=1S/C15H23BrClN/c1-2-3-4-5-6-7-10-18-12-13-11-14(16)8-9-15(13)17/h8-9,11,18H,2-7,10,12H2,1H3. The molecule has 0 radical (unpaired) electrons. The zero-order valence-corrected chi connectivity index (χ0v) is 13.5. The molecule has 18 heavy (non-hydrogen) atoms. The van der Waals surface area contributed by atoms with E-state index >= 15 is 0 Å². The van der Waals surface area contributed by atoms with Crippen LogP contribution in [-0.2, 0) is 6.54 Å². The van der Waals surface area contributed by atoms with Gasteiger partial charge in [-0.15, -0.1) is 0 Å². The maximum atomic E-state index is 6.13. The lowest BCUT2D eigenvalue weighted by Crippen LogP contribution is -2.14. The average Bonchev–Trinajstić information content (AvgIpc) is 2.36. The molecule has 3 heteroatoms. The van der Waals surface area contributed by atoms with E-state index in [-0.39, 0.29) is 0 Å². The first kappa shape index (κ1) is 16.0.